The number of anilines is 1. The lowest BCUT2D eigenvalue weighted by atomic mass is 10.0. The fourth-order valence-electron chi connectivity index (χ4n) is 2.90. The molecular weight excluding hydrogens is 366 g/mol. The number of hydrogen-bond acceptors (Lipinski definition) is 4. The average molecular weight is 398 g/mol. The van der Waals surface area contributed by atoms with Gasteiger partial charge in [0, 0.05) is 11.3 Å². The molecule has 0 spiro atoms. The molecule has 5 nitrogen and oxygen atoms in total. The largest absolute Gasteiger partial charge is 0.479 e. The highest BCUT2D eigenvalue weighted by Crippen LogP contribution is 2.24. The Labute approximate surface area is 173 Å². The number of benzene rings is 2. The Hall–Kier alpha value is -2.82. The van der Waals surface area contributed by atoms with Gasteiger partial charge in [-0.2, -0.15) is 0 Å². The highest BCUT2D eigenvalue weighted by atomic mass is 16.6. The van der Waals surface area contributed by atoms with Crippen LogP contribution in [-0.4, -0.2) is 24.1 Å². The molecule has 0 heterocycles. The Morgan fingerprint density at radius 3 is 2.03 bits per heavy atom. The molecule has 0 saturated carbocycles. The third kappa shape index (κ3) is 6.08. The maximum Gasteiger partial charge on any atom is 0.347 e. The second kappa shape index (κ2) is 10.6. The van der Waals surface area contributed by atoms with Crippen molar-refractivity contribution in [2.45, 2.75) is 66.1 Å². The van der Waals surface area contributed by atoms with Gasteiger partial charge in [0.2, 0.25) is 0 Å². The van der Waals surface area contributed by atoms with Gasteiger partial charge in [0.1, 0.15) is 5.75 Å². The van der Waals surface area contributed by atoms with Crippen LogP contribution in [0.15, 0.2) is 42.5 Å². The number of carbonyl (C=O) groups is 2. The van der Waals surface area contributed by atoms with Crippen LogP contribution in [0.1, 0.15) is 62.5 Å². The summed E-state index contributed by atoms with van der Waals surface area (Å²) in [5.74, 6) is -0.0563. The molecule has 0 fully saturated rings. The second-order valence-corrected chi connectivity index (χ2v) is 7.05. The van der Waals surface area contributed by atoms with Gasteiger partial charge in [-0.05, 0) is 68.5 Å². The maximum absolute atomic E-state index is 12.7. The summed E-state index contributed by atoms with van der Waals surface area (Å²) in [5.41, 5.74) is 3.65. The second-order valence-electron chi connectivity index (χ2n) is 7.05. The summed E-state index contributed by atoms with van der Waals surface area (Å²) >= 11 is 0. The molecule has 0 aliphatic rings. The van der Waals surface area contributed by atoms with E-state index in [4.69, 9.17) is 9.47 Å². The molecule has 156 valence electrons. The van der Waals surface area contributed by atoms with Gasteiger partial charge in [-0.1, -0.05) is 39.0 Å². The first-order chi connectivity index (χ1) is 13.9. The molecular formula is C24H31NO4. The lowest BCUT2D eigenvalue weighted by molar-refractivity contribution is -0.155. The number of amides is 1. The summed E-state index contributed by atoms with van der Waals surface area (Å²) in [7, 11) is 0. The number of nitrogens with one attached hydrogen (secondary N) is 1. The number of aryl methyl sites for hydroxylation is 2. The standard InChI is InChI=1S/C24H31NO4/c1-6-16(4)28-24(27)17(5)29-21-14-12-20(13-15-21)23(26)25-22-18(7-2)10-9-11-19(22)8-3/h9-17H,6-8H2,1-5H3,(H,25,26)/t16-,17+/m0/s1. The van der Waals surface area contributed by atoms with Crippen molar-refractivity contribution in [2.24, 2.45) is 0 Å². The Bertz CT molecular complexity index is 807. The van der Waals surface area contributed by atoms with Crippen LogP contribution in [0.4, 0.5) is 5.69 Å². The molecule has 29 heavy (non-hydrogen) atoms. The Balaban J connectivity index is 2.05. The summed E-state index contributed by atoms with van der Waals surface area (Å²) in [4.78, 5) is 24.7. The summed E-state index contributed by atoms with van der Waals surface area (Å²) in [5, 5.41) is 3.05. The van der Waals surface area contributed by atoms with Gasteiger partial charge in [-0.3, -0.25) is 4.79 Å². The molecule has 0 saturated heterocycles. The highest BCUT2D eigenvalue weighted by molar-refractivity contribution is 6.05. The molecule has 2 atom stereocenters. The summed E-state index contributed by atoms with van der Waals surface area (Å²) < 4.78 is 10.9. The lowest BCUT2D eigenvalue weighted by Crippen LogP contribution is -2.29. The molecule has 5 heteroatoms. The van der Waals surface area contributed by atoms with Crippen LogP contribution in [0.25, 0.3) is 0 Å². The topological polar surface area (TPSA) is 64.6 Å². The van der Waals surface area contributed by atoms with E-state index in [9.17, 15) is 9.59 Å². The zero-order valence-corrected chi connectivity index (χ0v) is 18.0. The number of carbonyl (C=O) groups excluding carboxylic acids is 2. The van der Waals surface area contributed by atoms with E-state index in [1.165, 1.54) is 0 Å². The van der Waals surface area contributed by atoms with Crippen LogP contribution in [0.3, 0.4) is 0 Å². The fraction of sp³-hybridized carbons (Fsp3) is 0.417. The quantitative estimate of drug-likeness (QED) is 0.593. The molecule has 0 aromatic heterocycles. The smallest absolute Gasteiger partial charge is 0.347 e. The van der Waals surface area contributed by atoms with E-state index < -0.39 is 12.1 Å². The molecule has 0 aliphatic heterocycles. The van der Waals surface area contributed by atoms with Crippen molar-refractivity contribution in [3.8, 4) is 5.75 Å². The van der Waals surface area contributed by atoms with Gasteiger partial charge < -0.3 is 14.8 Å². The minimum Gasteiger partial charge on any atom is -0.479 e. The van der Waals surface area contributed by atoms with E-state index in [0.717, 1.165) is 36.1 Å². The molecule has 2 rings (SSSR count). The monoisotopic (exact) mass is 397 g/mol. The summed E-state index contributed by atoms with van der Waals surface area (Å²) in [6, 6.07) is 12.8. The van der Waals surface area contributed by atoms with E-state index in [-0.39, 0.29) is 12.0 Å². The van der Waals surface area contributed by atoms with Crippen molar-refractivity contribution >= 4 is 17.6 Å². The van der Waals surface area contributed by atoms with Crippen molar-refractivity contribution in [2.75, 3.05) is 5.32 Å². The van der Waals surface area contributed by atoms with Gasteiger partial charge in [0.05, 0.1) is 6.10 Å². The highest BCUT2D eigenvalue weighted by Gasteiger charge is 2.19. The maximum atomic E-state index is 12.7. The summed E-state index contributed by atoms with van der Waals surface area (Å²) in [6.45, 7) is 9.60. The van der Waals surface area contributed by atoms with Crippen molar-refractivity contribution in [1.82, 2.24) is 0 Å². The molecule has 1 amide bonds. The third-order valence-corrected chi connectivity index (χ3v) is 4.89. The average Bonchev–Trinajstić information content (AvgIpc) is 2.73. The minimum absolute atomic E-state index is 0.140. The number of para-hydroxylation sites is 1. The Kier molecular flexibility index (Phi) is 8.25. The number of hydrogen-bond donors (Lipinski definition) is 1. The first-order valence-corrected chi connectivity index (χ1v) is 10.3. The number of ether oxygens (including phenoxy) is 2. The molecule has 0 unspecified atom stereocenters. The zero-order valence-electron chi connectivity index (χ0n) is 18.0. The van der Waals surface area contributed by atoms with Crippen LogP contribution >= 0.6 is 0 Å². The molecule has 2 aromatic rings. The fourth-order valence-corrected chi connectivity index (χ4v) is 2.90. The first kappa shape index (κ1) is 22.5. The van der Waals surface area contributed by atoms with Crippen LogP contribution in [0.5, 0.6) is 5.75 Å². The van der Waals surface area contributed by atoms with Gasteiger partial charge in [-0.15, -0.1) is 0 Å². The molecule has 0 radical (unpaired) electrons. The predicted molar refractivity (Wildman–Crippen MR) is 116 cm³/mol. The van der Waals surface area contributed by atoms with Crippen LogP contribution in [0, 0.1) is 0 Å². The Morgan fingerprint density at radius 2 is 1.52 bits per heavy atom. The van der Waals surface area contributed by atoms with E-state index in [0.29, 0.717) is 11.3 Å². The van der Waals surface area contributed by atoms with E-state index in [1.54, 1.807) is 31.2 Å². The van der Waals surface area contributed by atoms with Crippen molar-refractivity contribution in [3.05, 3.63) is 59.2 Å². The van der Waals surface area contributed by atoms with E-state index >= 15 is 0 Å². The molecule has 2 aromatic carbocycles. The number of rotatable bonds is 9. The molecule has 0 bridgehead atoms. The summed E-state index contributed by atoms with van der Waals surface area (Å²) in [6.07, 6.45) is 1.59. The predicted octanol–water partition coefficient (Wildman–Crippen LogP) is 5.17. The third-order valence-electron chi connectivity index (χ3n) is 4.89. The van der Waals surface area contributed by atoms with E-state index in [1.807, 2.05) is 32.0 Å². The van der Waals surface area contributed by atoms with Crippen LogP contribution in [0.2, 0.25) is 0 Å². The van der Waals surface area contributed by atoms with Gasteiger partial charge >= 0.3 is 5.97 Å². The van der Waals surface area contributed by atoms with E-state index in [2.05, 4.69) is 19.2 Å². The van der Waals surface area contributed by atoms with Crippen molar-refractivity contribution in [3.63, 3.8) is 0 Å². The van der Waals surface area contributed by atoms with Crippen molar-refractivity contribution in [1.29, 1.82) is 0 Å². The number of esters is 1. The SMILES string of the molecule is CCc1cccc(CC)c1NC(=O)c1ccc(O[C@H](C)C(=O)O[C@@H](C)CC)cc1. The van der Waals surface area contributed by atoms with Gasteiger partial charge in [0.15, 0.2) is 6.10 Å². The molecule has 1 N–H and O–H groups in total. The zero-order chi connectivity index (χ0) is 21.4. The lowest BCUT2D eigenvalue weighted by Gasteiger charge is -2.17. The van der Waals surface area contributed by atoms with Crippen LogP contribution in [-0.2, 0) is 22.4 Å². The first-order valence-electron chi connectivity index (χ1n) is 10.3. The minimum atomic E-state index is -0.716. The normalized spacial score (nSPS) is 12.7. The van der Waals surface area contributed by atoms with Gasteiger partial charge in [0.25, 0.3) is 5.91 Å². The Morgan fingerprint density at radius 1 is 0.931 bits per heavy atom. The molecule has 0 aliphatic carbocycles. The van der Waals surface area contributed by atoms with Crippen molar-refractivity contribution < 1.29 is 19.1 Å². The van der Waals surface area contributed by atoms with Gasteiger partial charge in [-0.25, -0.2) is 4.79 Å². The van der Waals surface area contributed by atoms with Crippen LogP contribution < -0.4 is 10.1 Å².